The van der Waals surface area contributed by atoms with Crippen LogP contribution >= 0.6 is 0 Å². The molecular weight excluding hydrogens is 394 g/mol. The van der Waals surface area contributed by atoms with Gasteiger partial charge < -0.3 is 5.21 Å². The van der Waals surface area contributed by atoms with E-state index in [9.17, 15) is 23.7 Å². The zero-order valence-corrected chi connectivity index (χ0v) is 16.0. The molecular formula is C20H15N3O5S. The Labute approximate surface area is 166 Å². The molecule has 4 aromatic rings. The number of fused-ring (bicyclic) bond motifs is 1. The third-order valence-electron chi connectivity index (χ3n) is 4.65. The third-order valence-corrected chi connectivity index (χ3v) is 6.33. The second-order valence-electron chi connectivity index (χ2n) is 6.53. The van der Waals surface area contributed by atoms with E-state index in [0.29, 0.717) is 15.6 Å². The van der Waals surface area contributed by atoms with Gasteiger partial charge in [-0.25, -0.2) is 12.4 Å². The summed E-state index contributed by atoms with van der Waals surface area (Å²) >= 11 is 0. The summed E-state index contributed by atoms with van der Waals surface area (Å²) in [5.74, 6) is 0. The standard InChI is InChI=1S/C20H15N3O5S/c1-14-6-8-16(9-7-14)29(27,28)22-13-18(17-4-2-3-5-19(17)22)20-12-15(23(25)26)10-11-21(20)24/h2-13H,1H3. The molecule has 0 aliphatic rings. The van der Waals surface area contributed by atoms with Crippen molar-refractivity contribution in [2.45, 2.75) is 11.8 Å². The SMILES string of the molecule is Cc1ccc(S(=O)(=O)n2cc(-c3cc([N+](=O)[O-])cc[n+]3[O-])c3ccccc32)cc1. The Hall–Kier alpha value is -3.72. The second kappa shape index (κ2) is 6.71. The topological polar surface area (TPSA) is 109 Å². The molecule has 0 aliphatic heterocycles. The molecule has 0 radical (unpaired) electrons. The third kappa shape index (κ3) is 3.11. The van der Waals surface area contributed by atoms with E-state index in [1.54, 1.807) is 36.4 Å². The highest BCUT2D eigenvalue weighted by atomic mass is 32.2. The van der Waals surface area contributed by atoms with Crippen LogP contribution in [0.2, 0.25) is 0 Å². The minimum Gasteiger partial charge on any atom is -0.618 e. The van der Waals surface area contributed by atoms with E-state index < -0.39 is 14.9 Å². The summed E-state index contributed by atoms with van der Waals surface area (Å²) in [6.45, 7) is 1.86. The molecule has 0 atom stereocenters. The van der Waals surface area contributed by atoms with Gasteiger partial charge in [-0.2, -0.15) is 4.73 Å². The number of aryl methyl sites for hydroxylation is 1. The highest BCUT2D eigenvalue weighted by Crippen LogP contribution is 2.32. The molecule has 8 nitrogen and oxygen atoms in total. The summed E-state index contributed by atoms with van der Waals surface area (Å²) in [6, 6.07) is 15.4. The first kappa shape index (κ1) is 18.6. The van der Waals surface area contributed by atoms with E-state index in [-0.39, 0.29) is 21.8 Å². The molecule has 9 heteroatoms. The minimum absolute atomic E-state index is 0.00624. The zero-order chi connectivity index (χ0) is 20.8. The van der Waals surface area contributed by atoms with Gasteiger partial charge in [-0.15, -0.1) is 0 Å². The molecule has 2 aromatic carbocycles. The Morgan fingerprint density at radius 3 is 2.41 bits per heavy atom. The smallest absolute Gasteiger partial charge is 0.282 e. The van der Waals surface area contributed by atoms with Crippen molar-refractivity contribution in [1.82, 2.24) is 3.97 Å². The molecule has 0 aliphatic carbocycles. The van der Waals surface area contributed by atoms with Gasteiger partial charge in [-0.05, 0) is 25.1 Å². The lowest BCUT2D eigenvalue weighted by Crippen LogP contribution is -2.28. The number of para-hydroxylation sites is 1. The van der Waals surface area contributed by atoms with Gasteiger partial charge in [0.1, 0.15) is 0 Å². The zero-order valence-electron chi connectivity index (χ0n) is 15.2. The maximum Gasteiger partial charge on any atom is 0.282 e. The van der Waals surface area contributed by atoms with E-state index in [0.717, 1.165) is 27.9 Å². The summed E-state index contributed by atoms with van der Waals surface area (Å²) in [7, 11) is -3.94. The first-order valence-electron chi connectivity index (χ1n) is 8.59. The van der Waals surface area contributed by atoms with Gasteiger partial charge in [0.2, 0.25) is 5.69 Å². The summed E-state index contributed by atoms with van der Waals surface area (Å²) < 4.78 is 28.0. The van der Waals surface area contributed by atoms with Gasteiger partial charge in [0, 0.05) is 11.6 Å². The first-order valence-corrected chi connectivity index (χ1v) is 10.0. The Balaban J connectivity index is 2.00. The van der Waals surface area contributed by atoms with Crippen molar-refractivity contribution in [1.29, 1.82) is 0 Å². The second-order valence-corrected chi connectivity index (χ2v) is 8.34. The van der Waals surface area contributed by atoms with Crippen molar-refractivity contribution in [3.05, 3.63) is 93.9 Å². The van der Waals surface area contributed by atoms with Crippen LogP contribution in [0.5, 0.6) is 0 Å². The summed E-state index contributed by atoms with van der Waals surface area (Å²) in [4.78, 5) is 10.6. The molecule has 0 spiro atoms. The van der Waals surface area contributed by atoms with Crippen LogP contribution in [0, 0.1) is 22.2 Å². The number of hydrogen-bond donors (Lipinski definition) is 0. The lowest BCUT2D eigenvalue weighted by atomic mass is 10.1. The van der Waals surface area contributed by atoms with E-state index in [2.05, 4.69) is 0 Å². The Morgan fingerprint density at radius 2 is 1.72 bits per heavy atom. The number of aromatic nitrogens is 2. The molecule has 4 rings (SSSR count). The quantitative estimate of drug-likeness (QED) is 0.222. The van der Waals surface area contributed by atoms with Crippen LogP contribution in [-0.2, 0) is 10.0 Å². The minimum atomic E-state index is -3.94. The van der Waals surface area contributed by atoms with Crippen LogP contribution in [0.15, 0.2) is 78.0 Å². The lowest BCUT2D eigenvalue weighted by Gasteiger charge is -2.07. The number of benzene rings is 2. The predicted molar refractivity (Wildman–Crippen MR) is 107 cm³/mol. The molecule has 0 N–H and O–H groups in total. The van der Waals surface area contributed by atoms with Crippen molar-refractivity contribution < 1.29 is 18.1 Å². The van der Waals surface area contributed by atoms with Crippen LogP contribution in [0.3, 0.4) is 0 Å². The van der Waals surface area contributed by atoms with Gasteiger partial charge in [-0.1, -0.05) is 35.9 Å². The van der Waals surface area contributed by atoms with E-state index in [1.165, 1.54) is 18.3 Å². The molecule has 2 heterocycles. The molecule has 0 unspecified atom stereocenters. The fourth-order valence-corrected chi connectivity index (χ4v) is 4.53. The molecule has 0 bridgehead atoms. The Bertz CT molecular complexity index is 1360. The average molecular weight is 409 g/mol. The summed E-state index contributed by atoms with van der Waals surface area (Å²) in [5, 5.41) is 24.0. The largest absolute Gasteiger partial charge is 0.618 e. The predicted octanol–water partition coefficient (Wildman–Crippen LogP) is 3.40. The molecule has 0 saturated heterocycles. The Morgan fingerprint density at radius 1 is 1.03 bits per heavy atom. The van der Waals surface area contributed by atoms with Crippen molar-refractivity contribution >= 4 is 26.6 Å². The van der Waals surface area contributed by atoms with Crippen molar-refractivity contribution in [2.24, 2.45) is 0 Å². The molecule has 0 saturated carbocycles. The number of nitro groups is 1. The van der Waals surface area contributed by atoms with Crippen molar-refractivity contribution in [3.8, 4) is 11.3 Å². The van der Waals surface area contributed by atoms with Crippen molar-refractivity contribution in [2.75, 3.05) is 0 Å². The molecule has 0 fully saturated rings. The highest BCUT2D eigenvalue weighted by Gasteiger charge is 2.25. The van der Waals surface area contributed by atoms with E-state index in [4.69, 9.17) is 0 Å². The lowest BCUT2D eigenvalue weighted by molar-refractivity contribution is -0.594. The van der Waals surface area contributed by atoms with Crippen molar-refractivity contribution in [3.63, 3.8) is 0 Å². The Kier molecular flexibility index (Phi) is 4.31. The maximum atomic E-state index is 13.2. The van der Waals surface area contributed by atoms with Crippen LogP contribution in [0.1, 0.15) is 5.56 Å². The van der Waals surface area contributed by atoms with Gasteiger partial charge in [0.25, 0.3) is 15.7 Å². The van der Waals surface area contributed by atoms with Crippen LogP contribution in [0.25, 0.3) is 22.2 Å². The number of rotatable bonds is 4. The normalized spacial score (nSPS) is 11.6. The summed E-state index contributed by atoms with van der Waals surface area (Å²) in [5.41, 5.74) is 1.31. The molecule has 0 amide bonds. The van der Waals surface area contributed by atoms with E-state index in [1.807, 2.05) is 6.92 Å². The monoisotopic (exact) mass is 409 g/mol. The summed E-state index contributed by atoms with van der Waals surface area (Å²) in [6.07, 6.45) is 2.36. The van der Waals surface area contributed by atoms with E-state index >= 15 is 0 Å². The van der Waals surface area contributed by atoms with Crippen LogP contribution < -0.4 is 4.73 Å². The average Bonchev–Trinajstić information content (AvgIpc) is 3.09. The highest BCUT2D eigenvalue weighted by molar-refractivity contribution is 7.90. The maximum absolute atomic E-state index is 13.2. The fraction of sp³-hybridized carbons (Fsp3) is 0.0500. The first-order chi connectivity index (χ1) is 13.8. The van der Waals surface area contributed by atoms with Gasteiger partial charge in [-0.3, -0.25) is 10.1 Å². The fourth-order valence-electron chi connectivity index (χ4n) is 3.16. The number of nitrogens with zero attached hydrogens (tertiary/aromatic N) is 3. The molecule has 29 heavy (non-hydrogen) atoms. The number of pyridine rings is 1. The van der Waals surface area contributed by atoms with Crippen LogP contribution in [-0.4, -0.2) is 17.3 Å². The molecule has 146 valence electrons. The van der Waals surface area contributed by atoms with Gasteiger partial charge in [0.05, 0.1) is 33.0 Å². The molecule has 2 aromatic heterocycles. The van der Waals surface area contributed by atoms with Gasteiger partial charge in [0.15, 0.2) is 6.20 Å². The van der Waals surface area contributed by atoms with Crippen LogP contribution in [0.4, 0.5) is 5.69 Å². The van der Waals surface area contributed by atoms with Gasteiger partial charge >= 0.3 is 0 Å². The number of hydrogen-bond acceptors (Lipinski definition) is 5.